The SMILES string of the molecule is Cc1ccc2[nH]c3c(c2c1)CC(C(=O)O)NC3c1ccc2c(c1)OCO2. The van der Waals surface area contributed by atoms with Gasteiger partial charge in [-0.2, -0.15) is 0 Å². The van der Waals surface area contributed by atoms with Gasteiger partial charge in [0.05, 0.1) is 6.04 Å². The largest absolute Gasteiger partial charge is 0.480 e. The zero-order valence-corrected chi connectivity index (χ0v) is 14.2. The van der Waals surface area contributed by atoms with Gasteiger partial charge in [-0.3, -0.25) is 10.1 Å². The van der Waals surface area contributed by atoms with Crippen molar-refractivity contribution >= 4 is 16.9 Å². The van der Waals surface area contributed by atoms with Gasteiger partial charge >= 0.3 is 5.97 Å². The number of fused-ring (bicyclic) bond motifs is 4. The summed E-state index contributed by atoms with van der Waals surface area (Å²) in [6, 6.07) is 11.1. The molecule has 2 aliphatic heterocycles. The number of aromatic amines is 1. The molecule has 0 saturated carbocycles. The Kier molecular flexibility index (Phi) is 3.24. The molecule has 0 amide bonds. The molecule has 6 heteroatoms. The first-order chi connectivity index (χ1) is 12.6. The topological polar surface area (TPSA) is 83.6 Å². The number of hydrogen-bond acceptors (Lipinski definition) is 4. The van der Waals surface area contributed by atoms with E-state index in [1.807, 2.05) is 25.1 Å². The Balaban J connectivity index is 1.68. The number of carboxylic acids is 1. The number of hydrogen-bond donors (Lipinski definition) is 3. The van der Waals surface area contributed by atoms with Crippen molar-refractivity contribution in [3.63, 3.8) is 0 Å². The summed E-state index contributed by atoms with van der Waals surface area (Å²) in [5.41, 5.74) is 5.22. The number of benzene rings is 2. The predicted octanol–water partition coefficient (Wildman–Crippen LogP) is 2.89. The Labute approximate surface area is 149 Å². The molecule has 2 aliphatic rings. The van der Waals surface area contributed by atoms with Gasteiger partial charge < -0.3 is 19.6 Å². The summed E-state index contributed by atoms with van der Waals surface area (Å²) in [6.07, 6.45) is 0.454. The lowest BCUT2D eigenvalue weighted by Crippen LogP contribution is -2.44. The second-order valence-electron chi connectivity index (χ2n) is 6.87. The van der Waals surface area contributed by atoms with Gasteiger partial charge in [0.2, 0.25) is 6.79 Å². The summed E-state index contributed by atoms with van der Waals surface area (Å²) < 4.78 is 10.9. The third-order valence-electron chi connectivity index (χ3n) is 5.19. The van der Waals surface area contributed by atoms with Crippen LogP contribution in [0.15, 0.2) is 36.4 Å². The lowest BCUT2D eigenvalue weighted by molar-refractivity contribution is -0.139. The average Bonchev–Trinajstić information content (AvgIpc) is 3.24. The molecule has 0 saturated heterocycles. The molecule has 0 spiro atoms. The van der Waals surface area contributed by atoms with E-state index in [1.54, 1.807) is 0 Å². The Morgan fingerprint density at radius 2 is 2.00 bits per heavy atom. The third-order valence-corrected chi connectivity index (χ3v) is 5.19. The highest BCUT2D eigenvalue weighted by atomic mass is 16.7. The van der Waals surface area contributed by atoms with Crippen molar-refractivity contribution in [1.82, 2.24) is 10.3 Å². The van der Waals surface area contributed by atoms with Gasteiger partial charge in [-0.05, 0) is 42.3 Å². The highest BCUT2D eigenvalue weighted by Gasteiger charge is 2.34. The van der Waals surface area contributed by atoms with Crippen molar-refractivity contribution in [1.29, 1.82) is 0 Å². The van der Waals surface area contributed by atoms with Crippen molar-refractivity contribution in [3.8, 4) is 11.5 Å². The molecular formula is C20H18N2O4. The average molecular weight is 350 g/mol. The van der Waals surface area contributed by atoms with Gasteiger partial charge in [0, 0.05) is 23.0 Å². The van der Waals surface area contributed by atoms with Crippen molar-refractivity contribution in [2.24, 2.45) is 0 Å². The van der Waals surface area contributed by atoms with E-state index in [-0.39, 0.29) is 12.8 Å². The minimum atomic E-state index is -0.844. The molecule has 132 valence electrons. The Morgan fingerprint density at radius 3 is 2.85 bits per heavy atom. The number of nitrogens with one attached hydrogen (secondary N) is 2. The molecule has 5 rings (SSSR count). The molecule has 2 unspecified atom stereocenters. The summed E-state index contributed by atoms with van der Waals surface area (Å²) in [5.74, 6) is 0.561. The molecule has 3 heterocycles. The van der Waals surface area contributed by atoms with E-state index in [9.17, 15) is 9.90 Å². The van der Waals surface area contributed by atoms with Crippen LogP contribution < -0.4 is 14.8 Å². The highest BCUT2D eigenvalue weighted by Crippen LogP contribution is 2.39. The monoisotopic (exact) mass is 350 g/mol. The predicted molar refractivity (Wildman–Crippen MR) is 95.7 cm³/mol. The Hall–Kier alpha value is -2.99. The van der Waals surface area contributed by atoms with E-state index in [4.69, 9.17) is 9.47 Å². The number of ether oxygens (including phenoxy) is 2. The number of H-pyrrole nitrogens is 1. The third kappa shape index (κ3) is 2.26. The molecule has 2 aromatic carbocycles. The molecular weight excluding hydrogens is 332 g/mol. The maximum Gasteiger partial charge on any atom is 0.321 e. The summed E-state index contributed by atoms with van der Waals surface area (Å²) >= 11 is 0. The van der Waals surface area contributed by atoms with Crippen molar-refractivity contribution in [2.75, 3.05) is 6.79 Å². The van der Waals surface area contributed by atoms with E-state index in [0.717, 1.165) is 33.3 Å². The van der Waals surface area contributed by atoms with Crippen molar-refractivity contribution in [3.05, 3.63) is 58.8 Å². The number of aliphatic carboxylic acids is 1. The van der Waals surface area contributed by atoms with Crippen LogP contribution in [0.1, 0.15) is 28.4 Å². The zero-order valence-electron chi connectivity index (χ0n) is 14.2. The molecule has 3 N–H and O–H groups in total. The minimum Gasteiger partial charge on any atom is -0.480 e. The normalized spacial score (nSPS) is 21.0. The fourth-order valence-corrected chi connectivity index (χ4v) is 3.91. The van der Waals surface area contributed by atoms with E-state index < -0.39 is 12.0 Å². The number of aryl methyl sites for hydroxylation is 1. The van der Waals surface area contributed by atoms with Gasteiger partial charge in [-0.25, -0.2) is 0 Å². The second-order valence-corrected chi connectivity index (χ2v) is 6.87. The van der Waals surface area contributed by atoms with Gasteiger partial charge in [-0.1, -0.05) is 17.7 Å². The molecule has 2 atom stereocenters. The molecule has 0 bridgehead atoms. The minimum absolute atomic E-state index is 0.214. The lowest BCUT2D eigenvalue weighted by Gasteiger charge is -2.29. The Bertz CT molecular complexity index is 1040. The van der Waals surface area contributed by atoms with Gasteiger partial charge in [0.1, 0.15) is 6.04 Å². The van der Waals surface area contributed by atoms with E-state index in [2.05, 4.69) is 28.5 Å². The van der Waals surface area contributed by atoms with Crippen LogP contribution in [-0.2, 0) is 11.2 Å². The molecule has 0 aliphatic carbocycles. The fourth-order valence-electron chi connectivity index (χ4n) is 3.91. The molecule has 0 radical (unpaired) electrons. The first-order valence-corrected chi connectivity index (χ1v) is 8.59. The first kappa shape index (κ1) is 15.3. The molecule has 0 fully saturated rings. The van der Waals surface area contributed by atoms with E-state index in [1.165, 1.54) is 0 Å². The summed E-state index contributed by atoms with van der Waals surface area (Å²) in [7, 11) is 0. The van der Waals surface area contributed by atoms with Crippen LogP contribution in [0.2, 0.25) is 0 Å². The fraction of sp³-hybridized carbons (Fsp3) is 0.250. The van der Waals surface area contributed by atoms with Gasteiger partial charge in [0.15, 0.2) is 11.5 Å². The highest BCUT2D eigenvalue weighted by molar-refractivity contribution is 5.87. The zero-order chi connectivity index (χ0) is 17.8. The number of carbonyl (C=O) groups is 1. The standard InChI is InChI=1S/C20H18N2O4/c1-10-2-4-14-12(6-10)13-8-15(20(23)24)22-18(19(13)21-14)11-3-5-16-17(7-11)26-9-25-16/h2-7,15,18,21-22H,8-9H2,1H3,(H,23,24). The van der Waals surface area contributed by atoms with Crippen LogP contribution in [0.3, 0.4) is 0 Å². The first-order valence-electron chi connectivity index (χ1n) is 8.59. The summed E-state index contributed by atoms with van der Waals surface area (Å²) in [6.45, 7) is 2.26. The number of carboxylic acid groups (broad SMARTS) is 1. The van der Waals surface area contributed by atoms with Gasteiger partial charge in [-0.15, -0.1) is 0 Å². The van der Waals surface area contributed by atoms with Gasteiger partial charge in [0.25, 0.3) is 0 Å². The van der Waals surface area contributed by atoms with Crippen molar-refractivity contribution < 1.29 is 19.4 Å². The molecule has 26 heavy (non-hydrogen) atoms. The summed E-state index contributed by atoms with van der Waals surface area (Å²) in [5, 5.41) is 14.0. The van der Waals surface area contributed by atoms with Crippen LogP contribution in [0.25, 0.3) is 10.9 Å². The van der Waals surface area contributed by atoms with E-state index in [0.29, 0.717) is 17.9 Å². The smallest absolute Gasteiger partial charge is 0.321 e. The second kappa shape index (κ2) is 5.51. The number of rotatable bonds is 2. The lowest BCUT2D eigenvalue weighted by atomic mass is 9.90. The van der Waals surface area contributed by atoms with Crippen LogP contribution >= 0.6 is 0 Å². The maximum absolute atomic E-state index is 11.7. The summed E-state index contributed by atoms with van der Waals surface area (Å²) in [4.78, 5) is 15.2. The van der Waals surface area contributed by atoms with Crippen LogP contribution in [-0.4, -0.2) is 28.9 Å². The van der Waals surface area contributed by atoms with E-state index >= 15 is 0 Å². The quantitative estimate of drug-likeness (QED) is 0.662. The maximum atomic E-state index is 11.7. The number of aromatic nitrogens is 1. The van der Waals surface area contributed by atoms with Crippen LogP contribution in [0.5, 0.6) is 11.5 Å². The molecule has 3 aromatic rings. The molecule has 6 nitrogen and oxygen atoms in total. The van der Waals surface area contributed by atoms with Crippen LogP contribution in [0, 0.1) is 6.92 Å². The Morgan fingerprint density at radius 1 is 1.15 bits per heavy atom. The molecule has 1 aromatic heterocycles. The van der Waals surface area contributed by atoms with Crippen molar-refractivity contribution in [2.45, 2.75) is 25.4 Å². The van der Waals surface area contributed by atoms with Crippen LogP contribution in [0.4, 0.5) is 0 Å².